The van der Waals surface area contributed by atoms with E-state index >= 15 is 0 Å². The molecule has 46 heavy (non-hydrogen) atoms. The average molecular weight is 625 g/mol. The Hall–Kier alpha value is -4.92. The first-order valence-corrected chi connectivity index (χ1v) is 15.5. The molecule has 14 heteroatoms. The van der Waals surface area contributed by atoms with Crippen LogP contribution in [0.4, 0.5) is 11.8 Å². The second-order valence-corrected chi connectivity index (χ2v) is 11.7. The van der Waals surface area contributed by atoms with Gasteiger partial charge in [-0.2, -0.15) is 9.97 Å². The highest BCUT2D eigenvalue weighted by Gasteiger charge is 2.49. The summed E-state index contributed by atoms with van der Waals surface area (Å²) >= 11 is 0. The third-order valence-electron chi connectivity index (χ3n) is 8.81. The number of nitrogens with zero attached hydrogens (tertiary/aromatic N) is 6. The third kappa shape index (κ3) is 6.01. The van der Waals surface area contributed by atoms with Crippen molar-refractivity contribution in [2.75, 3.05) is 17.2 Å². The number of hydrogen-bond donors (Lipinski definition) is 5. The van der Waals surface area contributed by atoms with Gasteiger partial charge in [-0.3, -0.25) is 9.36 Å². The first kappa shape index (κ1) is 29.8. The molecule has 238 valence electrons. The third-order valence-corrected chi connectivity index (χ3v) is 8.81. The molecule has 0 bridgehead atoms. The number of imidazole rings is 1. The highest BCUT2D eigenvalue weighted by molar-refractivity contribution is 5.84. The number of carbonyl (C=O) groups excluding carboxylic acids is 1. The van der Waals surface area contributed by atoms with E-state index < -0.39 is 24.5 Å². The predicted molar refractivity (Wildman–Crippen MR) is 169 cm³/mol. The number of carbonyl (C=O) groups is 1. The number of hydrogen-bond acceptors (Lipinski definition) is 12. The molecule has 1 saturated heterocycles. The molecule has 4 heterocycles. The maximum absolute atomic E-state index is 11.5. The molecule has 3 aromatic heterocycles. The van der Waals surface area contributed by atoms with E-state index in [-0.39, 0.29) is 18.0 Å². The van der Waals surface area contributed by atoms with E-state index in [1.165, 1.54) is 6.33 Å². The highest BCUT2D eigenvalue weighted by atomic mass is 16.6. The maximum Gasteiger partial charge on any atom is 0.293 e. The predicted octanol–water partition coefficient (Wildman–Crippen LogP) is 3.04. The van der Waals surface area contributed by atoms with Crippen molar-refractivity contribution in [3.8, 4) is 0 Å². The van der Waals surface area contributed by atoms with Gasteiger partial charge < -0.3 is 35.9 Å². The Morgan fingerprint density at radius 2 is 1.78 bits per heavy atom. The molecule has 0 spiro atoms. The van der Waals surface area contributed by atoms with Gasteiger partial charge in [0.05, 0.1) is 6.33 Å². The second-order valence-electron chi connectivity index (χ2n) is 11.7. The Balaban J connectivity index is 1.25. The number of ether oxygens (including phenoxy) is 2. The van der Waals surface area contributed by atoms with Crippen LogP contribution in [-0.4, -0.2) is 77.1 Å². The number of nitrogens with one attached hydrogen (secondary N) is 3. The summed E-state index contributed by atoms with van der Waals surface area (Å²) in [5.74, 6) is 1.30. The number of aromatic amines is 1. The maximum atomic E-state index is 11.5. The summed E-state index contributed by atoms with van der Waals surface area (Å²) in [4.78, 5) is 28.8. The molecule has 1 aliphatic carbocycles. The van der Waals surface area contributed by atoms with E-state index in [1.54, 1.807) is 10.9 Å². The molecule has 2 aliphatic rings. The summed E-state index contributed by atoms with van der Waals surface area (Å²) in [7, 11) is 0. The van der Waals surface area contributed by atoms with Gasteiger partial charge in [0.25, 0.3) is 6.47 Å². The SMILES string of the molecule is N[C@H]1CC[C@H](Nc2nc(NCC(c3ccccc3)c3ccccc3)c3ncn([C@@H]4O[C@H](c5nnc[nH]5)[C@@H](O)[C@H]4OC=O)c3n2)CC1. The minimum atomic E-state index is -1.22. The molecule has 5 aromatic rings. The molecular weight excluding hydrogens is 588 g/mol. The zero-order chi connectivity index (χ0) is 31.5. The van der Waals surface area contributed by atoms with Crippen LogP contribution in [0.25, 0.3) is 11.2 Å². The van der Waals surface area contributed by atoms with Crippen molar-refractivity contribution in [2.24, 2.45) is 5.73 Å². The number of rotatable bonds is 11. The average Bonchev–Trinajstić information content (AvgIpc) is 3.84. The van der Waals surface area contributed by atoms with Gasteiger partial charge in [-0.15, -0.1) is 10.2 Å². The standard InChI is InChI=1S/C32H36N10O4/c33-21-11-13-22(14-12-21)38-32-39-28(34-15-23(19-7-3-1-4-8-19)20-9-5-2-6-10-20)24-30(40-32)42(17-36-24)31-27(45-18-43)25(44)26(46-31)29-35-16-37-41-29/h1-10,16-18,21-23,25-27,31,44H,11-15,33H2,(H,35,37,41)(H2,34,38,39,40)/t21-,22-,25-,26+,27-,31-/m1/s1. The normalized spacial score (nSPS) is 24.7. The number of H-pyrrole nitrogens is 1. The fourth-order valence-electron chi connectivity index (χ4n) is 6.40. The van der Waals surface area contributed by atoms with Crippen molar-refractivity contribution < 1.29 is 19.4 Å². The van der Waals surface area contributed by atoms with Crippen molar-refractivity contribution in [3.05, 3.63) is 90.3 Å². The van der Waals surface area contributed by atoms with E-state index in [1.807, 2.05) is 36.4 Å². The molecule has 2 aromatic carbocycles. The monoisotopic (exact) mass is 624 g/mol. The fraction of sp³-hybridized carbons (Fsp3) is 0.375. The first-order chi connectivity index (χ1) is 22.6. The van der Waals surface area contributed by atoms with Gasteiger partial charge in [0.2, 0.25) is 5.95 Å². The topological polar surface area (TPSA) is 191 Å². The Morgan fingerprint density at radius 3 is 2.43 bits per heavy atom. The Bertz CT molecular complexity index is 1690. The summed E-state index contributed by atoms with van der Waals surface area (Å²) in [6.07, 6.45) is 2.43. The molecule has 14 nitrogen and oxygen atoms in total. The summed E-state index contributed by atoms with van der Waals surface area (Å²) in [6.45, 7) is 0.829. The zero-order valence-electron chi connectivity index (χ0n) is 25.0. The van der Waals surface area contributed by atoms with Crippen LogP contribution in [0.3, 0.4) is 0 Å². The number of benzene rings is 2. The van der Waals surface area contributed by atoms with Crippen LogP contribution in [0.5, 0.6) is 0 Å². The number of aliphatic hydroxyl groups is 1. The van der Waals surface area contributed by atoms with Crippen molar-refractivity contribution in [3.63, 3.8) is 0 Å². The van der Waals surface area contributed by atoms with Gasteiger partial charge in [0, 0.05) is 24.5 Å². The molecule has 2 fully saturated rings. The van der Waals surface area contributed by atoms with Crippen molar-refractivity contribution in [2.45, 2.75) is 68.2 Å². The lowest BCUT2D eigenvalue weighted by Gasteiger charge is -2.27. The van der Waals surface area contributed by atoms with Gasteiger partial charge in [-0.05, 0) is 36.8 Å². The van der Waals surface area contributed by atoms with Gasteiger partial charge in [0.15, 0.2) is 35.1 Å². The number of fused-ring (bicyclic) bond motifs is 1. The first-order valence-electron chi connectivity index (χ1n) is 15.5. The molecule has 6 N–H and O–H groups in total. The molecule has 0 amide bonds. The lowest BCUT2D eigenvalue weighted by Crippen LogP contribution is -2.33. The van der Waals surface area contributed by atoms with E-state index in [4.69, 9.17) is 25.2 Å². The molecular formula is C32H36N10O4. The number of aliphatic hydroxyl groups excluding tert-OH is 1. The molecule has 1 aliphatic heterocycles. The largest absolute Gasteiger partial charge is 0.457 e. The van der Waals surface area contributed by atoms with Crippen LogP contribution < -0.4 is 16.4 Å². The van der Waals surface area contributed by atoms with Crippen LogP contribution >= 0.6 is 0 Å². The van der Waals surface area contributed by atoms with Gasteiger partial charge in [0.1, 0.15) is 18.5 Å². The summed E-state index contributed by atoms with van der Waals surface area (Å²) in [5, 5.41) is 26.0. The fourth-order valence-corrected chi connectivity index (χ4v) is 6.40. The quantitative estimate of drug-likeness (QED) is 0.135. The second kappa shape index (κ2) is 13.2. The number of aromatic nitrogens is 7. The van der Waals surface area contributed by atoms with Crippen LogP contribution in [0, 0.1) is 0 Å². The van der Waals surface area contributed by atoms with E-state index in [0.29, 0.717) is 41.8 Å². The summed E-state index contributed by atoms with van der Waals surface area (Å²) < 4.78 is 13.2. The lowest BCUT2D eigenvalue weighted by molar-refractivity contribution is -0.142. The molecule has 7 rings (SSSR count). The summed E-state index contributed by atoms with van der Waals surface area (Å²) in [6, 6.07) is 21.0. The smallest absolute Gasteiger partial charge is 0.293 e. The van der Waals surface area contributed by atoms with Crippen molar-refractivity contribution >= 4 is 29.4 Å². The van der Waals surface area contributed by atoms with Crippen LogP contribution in [0.2, 0.25) is 0 Å². The molecule has 1 saturated carbocycles. The molecule has 0 radical (unpaired) electrons. The Labute approximate surface area is 264 Å². The minimum Gasteiger partial charge on any atom is -0.457 e. The van der Waals surface area contributed by atoms with Crippen LogP contribution in [0.1, 0.15) is 60.9 Å². The van der Waals surface area contributed by atoms with Gasteiger partial charge in [-0.1, -0.05) is 60.7 Å². The van der Waals surface area contributed by atoms with Crippen molar-refractivity contribution in [1.82, 2.24) is 34.7 Å². The van der Waals surface area contributed by atoms with Crippen LogP contribution in [-0.2, 0) is 14.3 Å². The zero-order valence-corrected chi connectivity index (χ0v) is 25.0. The van der Waals surface area contributed by atoms with Gasteiger partial charge in [-0.25, -0.2) is 4.98 Å². The van der Waals surface area contributed by atoms with Gasteiger partial charge >= 0.3 is 0 Å². The number of anilines is 2. The van der Waals surface area contributed by atoms with Crippen LogP contribution in [0.15, 0.2) is 73.3 Å². The lowest BCUT2D eigenvalue weighted by atomic mass is 9.91. The Morgan fingerprint density at radius 1 is 1.07 bits per heavy atom. The Kier molecular flexibility index (Phi) is 8.55. The molecule has 0 unspecified atom stereocenters. The van der Waals surface area contributed by atoms with E-state index in [0.717, 1.165) is 36.8 Å². The minimum absolute atomic E-state index is 0.0343. The highest BCUT2D eigenvalue weighted by Crippen LogP contribution is 2.40. The summed E-state index contributed by atoms with van der Waals surface area (Å²) in [5.41, 5.74) is 9.43. The van der Waals surface area contributed by atoms with E-state index in [2.05, 4.69) is 55.1 Å². The van der Waals surface area contributed by atoms with E-state index in [9.17, 15) is 9.90 Å². The number of nitrogens with two attached hydrogens (primary N) is 1. The molecule has 4 atom stereocenters. The van der Waals surface area contributed by atoms with Crippen molar-refractivity contribution in [1.29, 1.82) is 0 Å².